The molecule has 1 aliphatic rings. The van der Waals surface area contributed by atoms with E-state index in [1.54, 1.807) is 11.9 Å². The molecule has 0 unspecified atom stereocenters. The predicted octanol–water partition coefficient (Wildman–Crippen LogP) is 3.56. The highest BCUT2D eigenvalue weighted by atomic mass is 32.2. The van der Waals surface area contributed by atoms with Crippen LogP contribution < -0.4 is 9.46 Å². The molecule has 2 rings (SSSR count). The quantitative estimate of drug-likeness (QED) is 0.745. The molecule has 0 bridgehead atoms. The fourth-order valence-corrected chi connectivity index (χ4v) is 1.72. The van der Waals surface area contributed by atoms with E-state index in [0.717, 1.165) is 29.7 Å². The maximum absolute atomic E-state index is 5.65. The molecule has 1 aromatic carbocycles. The number of hydrogen-bond donors (Lipinski definition) is 1. The van der Waals surface area contributed by atoms with Crippen molar-refractivity contribution in [2.75, 3.05) is 17.1 Å². The highest BCUT2D eigenvalue weighted by molar-refractivity contribution is 8.00. The Morgan fingerprint density at radius 2 is 2.07 bits per heavy atom. The van der Waals surface area contributed by atoms with Crippen molar-refractivity contribution in [1.82, 2.24) is 0 Å². The van der Waals surface area contributed by atoms with Crippen molar-refractivity contribution >= 4 is 17.6 Å². The third kappa shape index (κ3) is 3.67. The van der Waals surface area contributed by atoms with Crippen LogP contribution in [0.4, 0.5) is 5.69 Å². The van der Waals surface area contributed by atoms with E-state index in [1.165, 1.54) is 12.8 Å². The van der Waals surface area contributed by atoms with Crippen LogP contribution in [-0.4, -0.2) is 12.4 Å². The minimum absolute atomic E-state index is 0.818. The summed E-state index contributed by atoms with van der Waals surface area (Å²) in [5.74, 6) is 2.87. The van der Waals surface area contributed by atoms with E-state index < -0.39 is 0 Å². The molecule has 0 spiro atoms. The lowest BCUT2D eigenvalue weighted by Gasteiger charge is -2.07. The minimum Gasteiger partial charge on any atom is -0.493 e. The zero-order valence-electron chi connectivity index (χ0n) is 9.03. The van der Waals surface area contributed by atoms with Crippen molar-refractivity contribution in [3.8, 4) is 5.75 Å². The van der Waals surface area contributed by atoms with Crippen molar-refractivity contribution in [2.45, 2.75) is 19.8 Å². The van der Waals surface area contributed by atoms with Gasteiger partial charge in [0.05, 0.1) is 6.61 Å². The summed E-state index contributed by atoms with van der Waals surface area (Å²) in [7, 11) is 0. The summed E-state index contributed by atoms with van der Waals surface area (Å²) in [6.07, 6.45) is 2.68. The van der Waals surface area contributed by atoms with Crippen LogP contribution in [-0.2, 0) is 0 Å². The Kier molecular flexibility index (Phi) is 3.78. The van der Waals surface area contributed by atoms with Gasteiger partial charge in [0, 0.05) is 11.4 Å². The van der Waals surface area contributed by atoms with E-state index in [1.807, 2.05) is 12.1 Å². The number of anilines is 1. The third-order valence-electron chi connectivity index (χ3n) is 2.37. The van der Waals surface area contributed by atoms with Gasteiger partial charge >= 0.3 is 0 Å². The third-order valence-corrected chi connectivity index (χ3v) is 3.04. The summed E-state index contributed by atoms with van der Waals surface area (Å²) in [6.45, 7) is 3.02. The molecule has 15 heavy (non-hydrogen) atoms. The van der Waals surface area contributed by atoms with Crippen LogP contribution in [0.5, 0.6) is 5.75 Å². The average molecular weight is 223 g/mol. The van der Waals surface area contributed by atoms with Crippen molar-refractivity contribution in [3.63, 3.8) is 0 Å². The van der Waals surface area contributed by atoms with E-state index in [0.29, 0.717) is 0 Å². The fourth-order valence-electron chi connectivity index (χ4n) is 1.27. The van der Waals surface area contributed by atoms with Crippen molar-refractivity contribution in [2.24, 2.45) is 5.92 Å². The molecule has 0 heterocycles. The largest absolute Gasteiger partial charge is 0.493 e. The molecule has 0 atom stereocenters. The topological polar surface area (TPSA) is 21.3 Å². The van der Waals surface area contributed by atoms with Crippen LogP contribution in [0.2, 0.25) is 0 Å². The van der Waals surface area contributed by atoms with Crippen LogP contribution in [0.25, 0.3) is 0 Å². The Morgan fingerprint density at radius 3 is 2.67 bits per heavy atom. The number of rotatable bonds is 6. The van der Waals surface area contributed by atoms with E-state index in [9.17, 15) is 0 Å². The Balaban J connectivity index is 1.79. The van der Waals surface area contributed by atoms with Crippen LogP contribution in [0.1, 0.15) is 19.8 Å². The molecule has 1 aromatic rings. The monoisotopic (exact) mass is 223 g/mol. The van der Waals surface area contributed by atoms with Gasteiger partial charge in [-0.3, -0.25) is 0 Å². The molecule has 0 saturated heterocycles. The van der Waals surface area contributed by atoms with Crippen molar-refractivity contribution < 1.29 is 4.74 Å². The first-order valence-electron chi connectivity index (χ1n) is 5.49. The predicted molar refractivity (Wildman–Crippen MR) is 66.4 cm³/mol. The Morgan fingerprint density at radius 1 is 1.33 bits per heavy atom. The van der Waals surface area contributed by atoms with Crippen LogP contribution in [0.15, 0.2) is 24.3 Å². The molecule has 0 aromatic heterocycles. The highest BCUT2D eigenvalue weighted by Gasteiger charge is 2.21. The lowest BCUT2D eigenvalue weighted by molar-refractivity contribution is 0.300. The van der Waals surface area contributed by atoms with Gasteiger partial charge in [-0.05, 0) is 43.0 Å². The van der Waals surface area contributed by atoms with Crippen LogP contribution >= 0.6 is 11.9 Å². The molecule has 0 radical (unpaired) electrons. The first-order chi connectivity index (χ1) is 7.38. The molecule has 1 saturated carbocycles. The van der Waals surface area contributed by atoms with Gasteiger partial charge < -0.3 is 9.46 Å². The average Bonchev–Trinajstić information content (AvgIpc) is 3.09. The summed E-state index contributed by atoms with van der Waals surface area (Å²) in [4.78, 5) is 0. The molecule has 1 fully saturated rings. The molecular weight excluding hydrogens is 206 g/mol. The molecular formula is C12H17NOS. The first kappa shape index (κ1) is 10.7. The van der Waals surface area contributed by atoms with E-state index >= 15 is 0 Å². The number of benzene rings is 1. The molecule has 1 N–H and O–H groups in total. The zero-order chi connectivity index (χ0) is 10.5. The van der Waals surface area contributed by atoms with E-state index in [4.69, 9.17) is 4.74 Å². The van der Waals surface area contributed by atoms with E-state index in [2.05, 4.69) is 23.8 Å². The van der Waals surface area contributed by atoms with Gasteiger partial charge in [-0.25, -0.2) is 0 Å². The normalized spacial score (nSPS) is 15.0. The Hall–Kier alpha value is -0.830. The summed E-state index contributed by atoms with van der Waals surface area (Å²) >= 11 is 1.70. The van der Waals surface area contributed by atoms with E-state index in [-0.39, 0.29) is 0 Å². The zero-order valence-corrected chi connectivity index (χ0v) is 9.85. The van der Waals surface area contributed by atoms with Gasteiger partial charge in [0.2, 0.25) is 0 Å². The van der Waals surface area contributed by atoms with Gasteiger partial charge in [0.25, 0.3) is 0 Å². The molecule has 2 nitrogen and oxygen atoms in total. The molecule has 0 aliphatic heterocycles. The SMILES string of the molecule is CCSNc1ccc(OCC2CC2)cc1. The summed E-state index contributed by atoms with van der Waals surface area (Å²) in [6, 6.07) is 8.18. The van der Waals surface area contributed by atoms with Gasteiger partial charge in [-0.15, -0.1) is 0 Å². The van der Waals surface area contributed by atoms with Gasteiger partial charge in [-0.2, -0.15) is 0 Å². The van der Waals surface area contributed by atoms with Gasteiger partial charge in [-0.1, -0.05) is 18.9 Å². The molecule has 0 amide bonds. The van der Waals surface area contributed by atoms with Gasteiger partial charge in [0.1, 0.15) is 5.75 Å². The number of hydrogen-bond acceptors (Lipinski definition) is 3. The summed E-state index contributed by atoms with van der Waals surface area (Å²) in [5.41, 5.74) is 1.14. The molecule has 1 aliphatic carbocycles. The van der Waals surface area contributed by atoms with Crippen LogP contribution in [0.3, 0.4) is 0 Å². The summed E-state index contributed by atoms with van der Waals surface area (Å²) < 4.78 is 8.91. The molecule has 3 heteroatoms. The maximum Gasteiger partial charge on any atom is 0.119 e. The standard InChI is InChI=1S/C12H17NOS/c1-2-15-13-11-5-7-12(8-6-11)14-9-10-3-4-10/h5-8,10,13H,2-4,9H2,1H3. The summed E-state index contributed by atoms with van der Waals surface area (Å²) in [5, 5.41) is 0. The van der Waals surface area contributed by atoms with Crippen molar-refractivity contribution in [3.05, 3.63) is 24.3 Å². The minimum atomic E-state index is 0.818. The second-order valence-corrected chi connectivity index (χ2v) is 4.88. The molecule has 82 valence electrons. The number of ether oxygens (including phenoxy) is 1. The smallest absolute Gasteiger partial charge is 0.119 e. The Bertz CT molecular complexity index is 295. The second-order valence-electron chi connectivity index (χ2n) is 3.81. The second kappa shape index (κ2) is 5.31. The maximum atomic E-state index is 5.65. The van der Waals surface area contributed by atoms with Crippen molar-refractivity contribution in [1.29, 1.82) is 0 Å². The van der Waals surface area contributed by atoms with Crippen LogP contribution in [0, 0.1) is 5.92 Å². The fraction of sp³-hybridized carbons (Fsp3) is 0.500. The highest BCUT2D eigenvalue weighted by Crippen LogP contribution is 2.29. The number of nitrogens with one attached hydrogen (secondary N) is 1. The lowest BCUT2D eigenvalue weighted by atomic mass is 10.3. The Labute approximate surface area is 95.5 Å². The van der Waals surface area contributed by atoms with Gasteiger partial charge in [0.15, 0.2) is 0 Å². The lowest BCUT2D eigenvalue weighted by Crippen LogP contribution is -1.98. The first-order valence-corrected chi connectivity index (χ1v) is 6.47.